The maximum absolute atomic E-state index is 9.68. The van der Waals surface area contributed by atoms with Crippen molar-refractivity contribution in [3.8, 4) is 0 Å². The Morgan fingerprint density at radius 3 is 3.13 bits per heavy atom. The molecule has 0 aromatic carbocycles. The zero-order chi connectivity index (χ0) is 10.7. The molecule has 0 radical (unpaired) electrons. The van der Waals surface area contributed by atoms with E-state index in [1.54, 1.807) is 0 Å². The van der Waals surface area contributed by atoms with Crippen molar-refractivity contribution in [2.75, 3.05) is 32.8 Å². The van der Waals surface area contributed by atoms with E-state index in [-0.39, 0.29) is 11.7 Å². The molecule has 88 valence electrons. The van der Waals surface area contributed by atoms with Crippen molar-refractivity contribution in [2.24, 2.45) is 5.73 Å². The van der Waals surface area contributed by atoms with Crippen LogP contribution in [-0.2, 0) is 4.74 Å². The van der Waals surface area contributed by atoms with Crippen LogP contribution in [0, 0.1) is 0 Å². The van der Waals surface area contributed by atoms with Crippen LogP contribution in [0.1, 0.15) is 25.7 Å². The molecule has 3 N–H and O–H groups in total. The third kappa shape index (κ3) is 2.69. The number of hydrogen-bond acceptors (Lipinski definition) is 4. The van der Waals surface area contributed by atoms with Gasteiger partial charge in [0.1, 0.15) is 0 Å². The minimum absolute atomic E-state index is 0.0493. The molecule has 0 saturated carbocycles. The van der Waals surface area contributed by atoms with Gasteiger partial charge in [-0.2, -0.15) is 0 Å². The van der Waals surface area contributed by atoms with Gasteiger partial charge in [0.05, 0.1) is 11.7 Å². The summed E-state index contributed by atoms with van der Waals surface area (Å²) in [5.41, 5.74) is 5.45. The van der Waals surface area contributed by atoms with Crippen molar-refractivity contribution < 1.29 is 9.84 Å². The highest BCUT2D eigenvalue weighted by atomic mass is 16.5. The van der Waals surface area contributed by atoms with Crippen LogP contribution < -0.4 is 5.73 Å². The SMILES string of the molecule is NCCCN1CC[C@@]2(C[C@@H](O)CCO2)C1. The number of aliphatic hydroxyl groups is 1. The molecule has 0 amide bonds. The summed E-state index contributed by atoms with van der Waals surface area (Å²) >= 11 is 0. The van der Waals surface area contributed by atoms with Gasteiger partial charge < -0.3 is 20.5 Å². The molecule has 2 fully saturated rings. The van der Waals surface area contributed by atoms with Crippen molar-refractivity contribution in [3.05, 3.63) is 0 Å². The number of ether oxygens (including phenoxy) is 1. The first-order chi connectivity index (χ1) is 7.24. The van der Waals surface area contributed by atoms with Crippen LogP contribution in [0.2, 0.25) is 0 Å². The van der Waals surface area contributed by atoms with Crippen LogP contribution in [0.15, 0.2) is 0 Å². The molecule has 2 aliphatic heterocycles. The van der Waals surface area contributed by atoms with Crippen LogP contribution in [0.25, 0.3) is 0 Å². The quantitative estimate of drug-likeness (QED) is 0.691. The Kier molecular flexibility index (Phi) is 3.61. The highest BCUT2D eigenvalue weighted by Crippen LogP contribution is 2.34. The Morgan fingerprint density at radius 2 is 2.40 bits per heavy atom. The third-order valence-corrected chi connectivity index (χ3v) is 3.54. The lowest BCUT2D eigenvalue weighted by atomic mass is 9.91. The van der Waals surface area contributed by atoms with Crippen LogP contribution in [-0.4, -0.2) is 54.5 Å². The maximum atomic E-state index is 9.68. The average Bonchev–Trinajstić information content (AvgIpc) is 2.58. The fourth-order valence-electron chi connectivity index (χ4n) is 2.72. The zero-order valence-corrected chi connectivity index (χ0v) is 9.32. The number of aliphatic hydroxyl groups excluding tert-OH is 1. The molecule has 2 saturated heterocycles. The predicted molar refractivity (Wildman–Crippen MR) is 58.7 cm³/mol. The molecule has 4 nitrogen and oxygen atoms in total. The molecule has 0 aliphatic carbocycles. The average molecular weight is 214 g/mol. The minimum Gasteiger partial charge on any atom is -0.393 e. The second-order valence-corrected chi connectivity index (χ2v) is 4.85. The van der Waals surface area contributed by atoms with Crippen LogP contribution in [0.3, 0.4) is 0 Å². The molecule has 2 rings (SSSR count). The van der Waals surface area contributed by atoms with Gasteiger partial charge in [-0.25, -0.2) is 0 Å². The second-order valence-electron chi connectivity index (χ2n) is 4.85. The largest absolute Gasteiger partial charge is 0.393 e. The van der Waals surface area contributed by atoms with E-state index in [1.165, 1.54) is 0 Å². The van der Waals surface area contributed by atoms with Gasteiger partial charge in [0, 0.05) is 26.1 Å². The second kappa shape index (κ2) is 4.78. The summed E-state index contributed by atoms with van der Waals surface area (Å²) in [5.74, 6) is 0. The fraction of sp³-hybridized carbons (Fsp3) is 1.00. The number of nitrogens with two attached hydrogens (primary N) is 1. The van der Waals surface area contributed by atoms with Gasteiger partial charge in [0.15, 0.2) is 0 Å². The molecule has 4 heteroatoms. The van der Waals surface area contributed by atoms with Crippen molar-refractivity contribution in [2.45, 2.75) is 37.4 Å². The summed E-state index contributed by atoms with van der Waals surface area (Å²) in [5, 5.41) is 9.68. The predicted octanol–water partition coefficient (Wildman–Crippen LogP) is -0.0490. The molecule has 15 heavy (non-hydrogen) atoms. The van der Waals surface area contributed by atoms with Crippen LogP contribution in [0.4, 0.5) is 0 Å². The molecule has 2 heterocycles. The van der Waals surface area contributed by atoms with E-state index in [0.717, 1.165) is 51.9 Å². The van der Waals surface area contributed by atoms with E-state index in [0.29, 0.717) is 6.61 Å². The Labute approximate surface area is 91.4 Å². The van der Waals surface area contributed by atoms with Crippen LogP contribution >= 0.6 is 0 Å². The van der Waals surface area contributed by atoms with Gasteiger partial charge in [0.25, 0.3) is 0 Å². The van der Waals surface area contributed by atoms with Gasteiger partial charge in [0.2, 0.25) is 0 Å². The molecule has 2 atom stereocenters. The third-order valence-electron chi connectivity index (χ3n) is 3.54. The van der Waals surface area contributed by atoms with Gasteiger partial charge in [-0.05, 0) is 32.4 Å². The Hall–Kier alpha value is -0.160. The standard InChI is InChI=1S/C11H22N2O2/c12-4-1-5-13-6-3-11(9-13)8-10(14)2-7-15-11/h10,14H,1-9,12H2/t10-,11+/m0/s1. The molecule has 1 spiro atoms. The van der Waals surface area contributed by atoms with Gasteiger partial charge >= 0.3 is 0 Å². The summed E-state index contributed by atoms with van der Waals surface area (Å²) in [4.78, 5) is 2.41. The highest BCUT2D eigenvalue weighted by Gasteiger charge is 2.42. The lowest BCUT2D eigenvalue weighted by Gasteiger charge is -2.36. The smallest absolute Gasteiger partial charge is 0.0845 e. The molecule has 2 aliphatic rings. The first-order valence-corrected chi connectivity index (χ1v) is 5.99. The van der Waals surface area contributed by atoms with E-state index >= 15 is 0 Å². The minimum atomic E-state index is -0.159. The van der Waals surface area contributed by atoms with E-state index < -0.39 is 0 Å². The Balaban J connectivity index is 1.84. The number of rotatable bonds is 3. The van der Waals surface area contributed by atoms with Crippen molar-refractivity contribution in [1.82, 2.24) is 4.90 Å². The lowest BCUT2D eigenvalue weighted by molar-refractivity contribution is -0.110. The number of hydrogen-bond donors (Lipinski definition) is 2. The summed E-state index contributed by atoms with van der Waals surface area (Å²) < 4.78 is 5.87. The number of likely N-dealkylation sites (tertiary alicyclic amines) is 1. The Bertz CT molecular complexity index is 213. The van der Waals surface area contributed by atoms with Crippen molar-refractivity contribution in [3.63, 3.8) is 0 Å². The summed E-state index contributed by atoms with van der Waals surface area (Å²) in [6.45, 7) is 4.60. The van der Waals surface area contributed by atoms with Crippen molar-refractivity contribution >= 4 is 0 Å². The van der Waals surface area contributed by atoms with Gasteiger partial charge in [-0.15, -0.1) is 0 Å². The highest BCUT2D eigenvalue weighted by molar-refractivity contribution is 4.95. The molecule has 0 aromatic rings. The fourth-order valence-corrected chi connectivity index (χ4v) is 2.72. The Morgan fingerprint density at radius 1 is 1.53 bits per heavy atom. The van der Waals surface area contributed by atoms with E-state index in [9.17, 15) is 5.11 Å². The summed E-state index contributed by atoms with van der Waals surface area (Å²) in [6, 6.07) is 0. The first-order valence-electron chi connectivity index (χ1n) is 5.99. The molecule has 0 aromatic heterocycles. The van der Waals surface area contributed by atoms with E-state index in [4.69, 9.17) is 10.5 Å². The normalized spacial score (nSPS) is 37.6. The van der Waals surface area contributed by atoms with Crippen LogP contribution in [0.5, 0.6) is 0 Å². The number of nitrogens with zero attached hydrogens (tertiary/aromatic N) is 1. The molecule has 0 unspecified atom stereocenters. The molecular formula is C11H22N2O2. The molecular weight excluding hydrogens is 192 g/mol. The summed E-state index contributed by atoms with van der Waals surface area (Å²) in [7, 11) is 0. The van der Waals surface area contributed by atoms with E-state index in [1.807, 2.05) is 0 Å². The monoisotopic (exact) mass is 214 g/mol. The maximum Gasteiger partial charge on any atom is 0.0845 e. The van der Waals surface area contributed by atoms with Crippen molar-refractivity contribution in [1.29, 1.82) is 0 Å². The summed E-state index contributed by atoms with van der Waals surface area (Å²) in [6.07, 6.45) is 3.57. The van der Waals surface area contributed by atoms with E-state index in [2.05, 4.69) is 4.90 Å². The van der Waals surface area contributed by atoms with Gasteiger partial charge in [-0.1, -0.05) is 0 Å². The molecule has 0 bridgehead atoms. The zero-order valence-electron chi connectivity index (χ0n) is 9.32. The lowest BCUT2D eigenvalue weighted by Crippen LogP contribution is -2.44. The first kappa shape index (κ1) is 11.3. The van der Waals surface area contributed by atoms with Gasteiger partial charge in [-0.3, -0.25) is 0 Å². The topological polar surface area (TPSA) is 58.7 Å².